The van der Waals surface area contributed by atoms with Crippen molar-refractivity contribution in [1.82, 2.24) is 5.32 Å². The van der Waals surface area contributed by atoms with Gasteiger partial charge >= 0.3 is 6.29 Å². The molecule has 1 amide bonds. The minimum absolute atomic E-state index is 0.0327. The Bertz CT molecular complexity index is 414. The first-order chi connectivity index (χ1) is 6.96. The Balaban J connectivity index is 2.20. The second-order valence-corrected chi connectivity index (χ2v) is 5.20. The lowest BCUT2D eigenvalue weighted by Crippen LogP contribution is -2.25. The van der Waals surface area contributed by atoms with Gasteiger partial charge in [-0.25, -0.2) is 0 Å². The van der Waals surface area contributed by atoms with Crippen LogP contribution in [0.4, 0.5) is 8.78 Å². The molecule has 0 atom stereocenters. The number of carbonyl (C=O) groups excluding carboxylic acids is 1. The molecule has 0 aromatic heterocycles. The van der Waals surface area contributed by atoms with E-state index in [1.54, 1.807) is 4.08 Å². The van der Waals surface area contributed by atoms with Crippen LogP contribution < -0.4 is 5.32 Å². The summed E-state index contributed by atoms with van der Waals surface area (Å²) in [7, 11) is 0. The quantitative estimate of drug-likeness (QED) is 0.743. The molecule has 2 aliphatic rings. The largest absolute Gasteiger partial charge is 0.586 e. The Morgan fingerprint density at radius 1 is 1.47 bits per heavy atom. The number of amides is 1. The monoisotopic (exact) mass is 329 g/mol. The average molecular weight is 329 g/mol. The molecule has 1 fully saturated rings. The summed E-state index contributed by atoms with van der Waals surface area (Å²) < 4.78 is 35.9. The number of hydrogen-bond donors (Lipinski definition) is 1. The van der Waals surface area contributed by atoms with Gasteiger partial charge in [-0.3, -0.25) is 4.79 Å². The van der Waals surface area contributed by atoms with Crippen molar-refractivity contribution in [2.45, 2.75) is 13.2 Å². The molecule has 0 radical (unpaired) electrons. The van der Waals surface area contributed by atoms with E-state index < -0.39 is 27.0 Å². The van der Waals surface area contributed by atoms with E-state index in [2.05, 4.69) is 14.8 Å². The van der Waals surface area contributed by atoms with E-state index in [-0.39, 0.29) is 17.4 Å². The molecular weight excluding hydrogens is 323 g/mol. The fourth-order valence-electron chi connectivity index (χ4n) is 1.04. The second-order valence-electron chi connectivity index (χ2n) is 2.79. The van der Waals surface area contributed by atoms with Crippen LogP contribution in [0.5, 0.6) is 0 Å². The van der Waals surface area contributed by atoms with Crippen LogP contribution in [0.2, 0.25) is 0 Å². The molecule has 0 aromatic carbocycles. The molecule has 2 heterocycles. The maximum atomic E-state index is 12.6. The lowest BCUT2D eigenvalue weighted by molar-refractivity contribution is -0.326. The van der Waals surface area contributed by atoms with E-state index in [1.165, 1.54) is 13.0 Å². The second kappa shape index (κ2) is 3.54. The van der Waals surface area contributed by atoms with Crippen LogP contribution >= 0.6 is 20.7 Å². The molecule has 0 spiro atoms. The third kappa shape index (κ3) is 2.33. The number of carbonyl (C=O) groups is 1. The molecular formula is C8H6F2INO3. The third-order valence-electron chi connectivity index (χ3n) is 1.52. The summed E-state index contributed by atoms with van der Waals surface area (Å²) in [6.45, 7) is 1.36. The van der Waals surface area contributed by atoms with Gasteiger partial charge in [0.05, 0.1) is 3.63 Å². The summed E-state index contributed by atoms with van der Waals surface area (Å²) in [6.07, 6.45) is -2.21. The van der Waals surface area contributed by atoms with Gasteiger partial charge in [-0.15, -0.1) is 8.78 Å². The first kappa shape index (κ1) is 10.5. The van der Waals surface area contributed by atoms with Gasteiger partial charge in [0.15, 0.2) is 11.5 Å². The molecule has 2 aliphatic heterocycles. The van der Waals surface area contributed by atoms with Crippen LogP contribution in [-0.2, 0) is 14.3 Å². The highest BCUT2D eigenvalue weighted by molar-refractivity contribution is 14.2. The summed E-state index contributed by atoms with van der Waals surface area (Å²) in [5.74, 6) is -0.208. The van der Waals surface area contributed by atoms with Crippen LogP contribution in [-0.4, -0.2) is 15.8 Å². The summed E-state index contributed by atoms with van der Waals surface area (Å²) in [5.41, 5.74) is 0. The highest BCUT2D eigenvalue weighted by Gasteiger charge is 2.46. The molecule has 0 unspecified atom stereocenters. The molecule has 7 heteroatoms. The van der Waals surface area contributed by atoms with Crippen molar-refractivity contribution >= 4 is 30.3 Å². The maximum absolute atomic E-state index is 12.6. The zero-order chi connectivity index (χ0) is 11.1. The minimum Gasteiger partial charge on any atom is -0.395 e. The maximum Gasteiger partial charge on any atom is 0.586 e. The van der Waals surface area contributed by atoms with Crippen LogP contribution in [0.25, 0.3) is 0 Å². The summed E-state index contributed by atoms with van der Waals surface area (Å²) in [4.78, 5) is 10.7. The topological polar surface area (TPSA) is 47.6 Å². The van der Waals surface area contributed by atoms with Gasteiger partial charge < -0.3 is 14.8 Å². The zero-order valence-electron chi connectivity index (χ0n) is 7.51. The van der Waals surface area contributed by atoms with Crippen molar-refractivity contribution in [3.63, 3.8) is 0 Å². The average Bonchev–Trinajstić information content (AvgIpc) is 2.36. The van der Waals surface area contributed by atoms with E-state index in [4.69, 9.17) is 0 Å². The van der Waals surface area contributed by atoms with Crippen LogP contribution in [0.15, 0.2) is 21.7 Å². The number of rotatable bonds is 1. The van der Waals surface area contributed by atoms with Crippen LogP contribution in [0.3, 0.4) is 0 Å². The van der Waals surface area contributed by atoms with Gasteiger partial charge in [0.1, 0.15) is 0 Å². The molecule has 0 aromatic rings. The van der Waals surface area contributed by atoms with Gasteiger partial charge in [0.25, 0.3) is 0 Å². The fraction of sp³-hybridized carbons (Fsp3) is 0.250. The Morgan fingerprint density at radius 3 is 2.80 bits per heavy atom. The molecule has 1 saturated heterocycles. The van der Waals surface area contributed by atoms with Crippen molar-refractivity contribution in [2.24, 2.45) is 0 Å². The van der Waals surface area contributed by atoms with Gasteiger partial charge in [0.2, 0.25) is 5.91 Å². The van der Waals surface area contributed by atoms with Gasteiger partial charge in [-0.1, -0.05) is 20.7 Å². The van der Waals surface area contributed by atoms with E-state index in [0.29, 0.717) is 3.63 Å². The lowest BCUT2D eigenvalue weighted by Gasteiger charge is -2.05. The van der Waals surface area contributed by atoms with Gasteiger partial charge in [-0.05, 0) is 0 Å². The highest BCUT2D eigenvalue weighted by Crippen LogP contribution is 2.39. The van der Waals surface area contributed by atoms with E-state index in [9.17, 15) is 13.6 Å². The van der Waals surface area contributed by atoms with Crippen molar-refractivity contribution < 1.29 is 23.0 Å². The SMILES string of the molecule is CC(=O)NC1=IC=C2OC(F)(F)OC2=C1. The fourth-order valence-corrected chi connectivity index (χ4v) is 3.09. The predicted molar refractivity (Wildman–Crippen MR) is 56.1 cm³/mol. The molecule has 15 heavy (non-hydrogen) atoms. The molecule has 0 saturated carbocycles. The third-order valence-corrected chi connectivity index (χ3v) is 3.65. The number of nitrogens with one attached hydrogen (secondary N) is 1. The van der Waals surface area contributed by atoms with E-state index in [0.717, 1.165) is 0 Å². The molecule has 82 valence electrons. The number of alkyl halides is 2. The number of fused-ring (bicyclic) bond motifs is 1. The van der Waals surface area contributed by atoms with Crippen LogP contribution in [0, 0.1) is 0 Å². The lowest BCUT2D eigenvalue weighted by atomic mass is 10.4. The molecule has 0 bridgehead atoms. The summed E-state index contributed by atoms with van der Waals surface area (Å²) in [6, 6.07) is 0. The van der Waals surface area contributed by atoms with E-state index >= 15 is 0 Å². The smallest absolute Gasteiger partial charge is 0.395 e. The van der Waals surface area contributed by atoms with Crippen LogP contribution in [0.1, 0.15) is 6.92 Å². The zero-order valence-corrected chi connectivity index (χ0v) is 9.67. The highest BCUT2D eigenvalue weighted by atomic mass is 127. The summed E-state index contributed by atoms with van der Waals surface area (Å²) >= 11 is -0.653. The molecule has 1 N–H and O–H groups in total. The minimum atomic E-state index is -3.59. The van der Waals surface area contributed by atoms with Crippen molar-refractivity contribution in [1.29, 1.82) is 0 Å². The Kier molecular flexibility index (Phi) is 2.49. The first-order valence-corrected chi connectivity index (χ1v) is 6.25. The molecule has 2 rings (SSSR count). The Hall–Kier alpha value is -0.990. The Labute approximate surface area is 93.7 Å². The van der Waals surface area contributed by atoms with E-state index in [1.807, 2.05) is 0 Å². The van der Waals surface area contributed by atoms with Gasteiger partial charge in [-0.2, -0.15) is 0 Å². The molecule has 4 nitrogen and oxygen atoms in total. The van der Waals surface area contributed by atoms with Crippen molar-refractivity contribution in [3.05, 3.63) is 21.7 Å². The van der Waals surface area contributed by atoms with Crippen molar-refractivity contribution in [3.8, 4) is 0 Å². The number of halogens is 3. The number of hydrogen-bond acceptors (Lipinski definition) is 3. The van der Waals surface area contributed by atoms with Gasteiger partial charge in [0, 0.05) is 17.1 Å². The normalized spacial score (nSPS) is 21.9. The Morgan fingerprint density at radius 2 is 2.13 bits per heavy atom. The predicted octanol–water partition coefficient (Wildman–Crippen LogP) is 1.56. The first-order valence-electron chi connectivity index (χ1n) is 3.92. The molecule has 0 aliphatic carbocycles. The standard InChI is InChI=1S/C8H6F2INO3/c1-4(13)12-7-2-5-6(3-11-7)15-8(9,10)14-5/h2-3H,1H3,(H,12,13). The summed E-state index contributed by atoms with van der Waals surface area (Å²) in [5, 5.41) is 2.55. The van der Waals surface area contributed by atoms with Crippen molar-refractivity contribution in [2.75, 3.05) is 0 Å². The number of ether oxygens (including phenoxy) is 2.